The van der Waals surface area contributed by atoms with Crippen LogP contribution >= 0.6 is 11.8 Å². The van der Waals surface area contributed by atoms with Gasteiger partial charge in [0.15, 0.2) is 0 Å². The number of ether oxygens (including phenoxy) is 1. The van der Waals surface area contributed by atoms with Gasteiger partial charge in [0.25, 0.3) is 0 Å². The first-order valence-electron chi connectivity index (χ1n) is 9.44. The van der Waals surface area contributed by atoms with Gasteiger partial charge in [-0.25, -0.2) is 4.79 Å². The summed E-state index contributed by atoms with van der Waals surface area (Å²) in [6.45, 7) is 3.25. The molecular formula is C18H29N3O5S. The predicted molar refractivity (Wildman–Crippen MR) is 102 cm³/mol. The number of hydrogen-bond donors (Lipinski definition) is 4. The van der Waals surface area contributed by atoms with Crippen molar-refractivity contribution in [2.75, 3.05) is 27.2 Å². The van der Waals surface area contributed by atoms with Crippen molar-refractivity contribution >= 4 is 23.6 Å². The minimum absolute atomic E-state index is 0.105. The van der Waals surface area contributed by atoms with Gasteiger partial charge < -0.3 is 30.5 Å². The number of carboxylic acid groups (broad SMARTS) is 1. The molecule has 0 aromatic carbocycles. The van der Waals surface area contributed by atoms with E-state index in [2.05, 4.69) is 10.6 Å². The van der Waals surface area contributed by atoms with Gasteiger partial charge in [-0.3, -0.25) is 4.79 Å². The van der Waals surface area contributed by atoms with E-state index in [0.29, 0.717) is 6.42 Å². The third-order valence-corrected chi connectivity index (χ3v) is 7.09. The van der Waals surface area contributed by atoms with Crippen molar-refractivity contribution in [1.82, 2.24) is 15.5 Å². The lowest BCUT2D eigenvalue weighted by atomic mass is 9.83. The Bertz CT molecular complexity index is 626. The van der Waals surface area contributed by atoms with Crippen LogP contribution < -0.4 is 10.6 Å². The Morgan fingerprint density at radius 1 is 1.52 bits per heavy atom. The minimum Gasteiger partial charge on any atom is -0.477 e. The van der Waals surface area contributed by atoms with Crippen LogP contribution in [0.2, 0.25) is 0 Å². The van der Waals surface area contributed by atoms with E-state index >= 15 is 0 Å². The molecular weight excluding hydrogens is 370 g/mol. The molecule has 3 aliphatic rings. The Morgan fingerprint density at radius 3 is 2.85 bits per heavy atom. The number of nitrogens with one attached hydrogen (secondary N) is 2. The first-order chi connectivity index (χ1) is 12.9. The lowest BCUT2D eigenvalue weighted by Crippen LogP contribution is -2.61. The van der Waals surface area contributed by atoms with Gasteiger partial charge in [-0.05, 0) is 33.4 Å². The highest BCUT2D eigenvalue weighted by Gasteiger charge is 2.57. The molecule has 0 spiro atoms. The van der Waals surface area contributed by atoms with Crippen molar-refractivity contribution in [1.29, 1.82) is 0 Å². The van der Waals surface area contributed by atoms with Gasteiger partial charge in [0.2, 0.25) is 5.91 Å². The number of fused-ring (bicyclic) bond motifs is 1. The van der Waals surface area contributed by atoms with E-state index < -0.39 is 18.0 Å². The molecule has 0 aliphatic carbocycles. The fraction of sp³-hybridized carbons (Fsp3) is 0.778. The van der Waals surface area contributed by atoms with E-state index in [4.69, 9.17) is 4.74 Å². The minimum atomic E-state index is -1.07. The van der Waals surface area contributed by atoms with E-state index in [9.17, 15) is 19.8 Å². The second-order valence-electron chi connectivity index (χ2n) is 7.48. The molecule has 0 aromatic heterocycles. The number of amides is 1. The van der Waals surface area contributed by atoms with Crippen LogP contribution in [0.3, 0.4) is 0 Å². The molecule has 3 aliphatic heterocycles. The van der Waals surface area contributed by atoms with Crippen LogP contribution in [0.4, 0.5) is 0 Å². The van der Waals surface area contributed by atoms with Gasteiger partial charge in [-0.1, -0.05) is 0 Å². The summed E-state index contributed by atoms with van der Waals surface area (Å²) in [6.07, 6.45) is 1.67. The van der Waals surface area contributed by atoms with Crippen molar-refractivity contribution in [2.45, 2.75) is 55.7 Å². The molecule has 0 aromatic rings. The number of carboxylic acids is 1. The number of aliphatic carboxylic acids is 1. The molecule has 0 unspecified atom stereocenters. The molecule has 2 fully saturated rings. The maximum Gasteiger partial charge on any atom is 0.353 e. The van der Waals surface area contributed by atoms with Crippen LogP contribution in [-0.2, 0) is 14.3 Å². The lowest BCUT2D eigenvalue weighted by molar-refractivity contribution is -0.161. The van der Waals surface area contributed by atoms with E-state index in [0.717, 1.165) is 30.8 Å². The summed E-state index contributed by atoms with van der Waals surface area (Å²) in [4.78, 5) is 26.2. The number of aliphatic hydroxyl groups is 1. The zero-order valence-corrected chi connectivity index (χ0v) is 16.8. The lowest BCUT2D eigenvalue weighted by Gasteiger charge is -2.44. The Labute approximate surface area is 163 Å². The van der Waals surface area contributed by atoms with Crippen LogP contribution in [-0.4, -0.2) is 83.8 Å². The van der Waals surface area contributed by atoms with Gasteiger partial charge in [0, 0.05) is 36.3 Å². The van der Waals surface area contributed by atoms with E-state index in [1.54, 1.807) is 25.8 Å². The highest BCUT2D eigenvalue weighted by Crippen LogP contribution is 2.48. The summed E-state index contributed by atoms with van der Waals surface area (Å²) in [7, 11) is 3.64. The number of nitrogens with zero attached hydrogens (tertiary/aromatic N) is 1. The van der Waals surface area contributed by atoms with E-state index in [1.807, 2.05) is 7.05 Å². The molecule has 3 rings (SSSR count). The van der Waals surface area contributed by atoms with Gasteiger partial charge >= 0.3 is 5.97 Å². The summed E-state index contributed by atoms with van der Waals surface area (Å²) < 4.78 is 5.61. The number of methoxy groups -OCH3 is 1. The van der Waals surface area contributed by atoms with Crippen molar-refractivity contribution in [3.05, 3.63) is 10.6 Å². The highest BCUT2D eigenvalue weighted by atomic mass is 32.2. The topological polar surface area (TPSA) is 111 Å². The number of carbonyl (C=O) groups is 2. The number of aliphatic hydroxyl groups excluding tert-OH is 1. The SMILES string of the molecule is CNCC[C@@H](OC)[C@@H]1C[C@H](SC2=C(C(=O)O)N3C(=O)[C@H]([C@@H](C)O)[C@H]3C2)CN1. The number of thioether (sulfide) groups is 1. The van der Waals surface area contributed by atoms with Crippen molar-refractivity contribution in [2.24, 2.45) is 5.92 Å². The molecule has 152 valence electrons. The summed E-state index contributed by atoms with van der Waals surface area (Å²) >= 11 is 1.56. The Morgan fingerprint density at radius 2 is 2.26 bits per heavy atom. The van der Waals surface area contributed by atoms with Crippen molar-refractivity contribution in [3.8, 4) is 0 Å². The Balaban J connectivity index is 1.65. The molecule has 0 saturated carbocycles. The molecule has 27 heavy (non-hydrogen) atoms. The number of carbonyl (C=O) groups excluding carboxylic acids is 1. The number of hydrogen-bond acceptors (Lipinski definition) is 7. The zero-order chi connectivity index (χ0) is 19.7. The molecule has 6 atom stereocenters. The third-order valence-electron chi connectivity index (χ3n) is 5.75. The van der Waals surface area contributed by atoms with Crippen LogP contribution in [0.1, 0.15) is 26.2 Å². The number of β-lactam (4-membered cyclic amide) rings is 1. The molecule has 1 amide bonds. The highest BCUT2D eigenvalue weighted by molar-refractivity contribution is 8.03. The first kappa shape index (κ1) is 20.6. The first-order valence-corrected chi connectivity index (χ1v) is 10.3. The van der Waals surface area contributed by atoms with Crippen LogP contribution in [0.5, 0.6) is 0 Å². The zero-order valence-electron chi connectivity index (χ0n) is 16.0. The predicted octanol–water partition coefficient (Wildman–Crippen LogP) is -0.0177. The fourth-order valence-electron chi connectivity index (χ4n) is 4.41. The fourth-order valence-corrected chi connectivity index (χ4v) is 5.86. The summed E-state index contributed by atoms with van der Waals surface area (Å²) in [5, 5.41) is 26.3. The standard InChI is InChI=1S/C18H29N3O5S/c1-9(22)15-12-7-14(16(18(24)25)21(12)17(15)23)27-10-6-11(20-8-10)13(26-3)4-5-19-2/h9-13,15,19-20,22H,4-8H2,1-3H3,(H,24,25)/t9-,10+,11+,12-,13-,15-/m1/s1. The Kier molecular flexibility index (Phi) is 6.47. The molecule has 3 heterocycles. The maximum absolute atomic E-state index is 12.3. The molecule has 0 bridgehead atoms. The second-order valence-corrected chi connectivity index (χ2v) is 8.87. The van der Waals surface area contributed by atoms with E-state index in [1.165, 1.54) is 4.90 Å². The summed E-state index contributed by atoms with van der Waals surface area (Å²) in [5.74, 6) is -1.84. The maximum atomic E-state index is 12.3. The summed E-state index contributed by atoms with van der Waals surface area (Å²) in [6, 6.07) is 0.0126. The van der Waals surface area contributed by atoms with Gasteiger partial charge in [0.1, 0.15) is 5.70 Å². The van der Waals surface area contributed by atoms with Crippen LogP contribution in [0.15, 0.2) is 10.6 Å². The molecule has 8 nitrogen and oxygen atoms in total. The van der Waals surface area contributed by atoms with Crippen molar-refractivity contribution in [3.63, 3.8) is 0 Å². The van der Waals surface area contributed by atoms with Crippen LogP contribution in [0, 0.1) is 5.92 Å². The molecule has 9 heteroatoms. The smallest absolute Gasteiger partial charge is 0.353 e. The Hall–Kier alpha value is -1.13. The monoisotopic (exact) mass is 399 g/mol. The normalized spacial score (nSPS) is 32.4. The molecule has 2 saturated heterocycles. The second kappa shape index (κ2) is 8.48. The van der Waals surface area contributed by atoms with E-state index in [-0.39, 0.29) is 35.0 Å². The van der Waals surface area contributed by atoms with Gasteiger partial charge in [0.05, 0.1) is 24.2 Å². The third kappa shape index (κ3) is 3.88. The molecule has 4 N–H and O–H groups in total. The molecule has 0 radical (unpaired) electrons. The quantitative estimate of drug-likeness (QED) is 0.401. The largest absolute Gasteiger partial charge is 0.477 e. The average molecular weight is 400 g/mol. The van der Waals surface area contributed by atoms with Crippen LogP contribution in [0.25, 0.3) is 0 Å². The van der Waals surface area contributed by atoms with Gasteiger partial charge in [-0.15, -0.1) is 11.8 Å². The average Bonchev–Trinajstić information content (AvgIpc) is 3.18. The van der Waals surface area contributed by atoms with Gasteiger partial charge in [-0.2, -0.15) is 0 Å². The summed E-state index contributed by atoms with van der Waals surface area (Å²) in [5.41, 5.74) is 0.105. The van der Waals surface area contributed by atoms with Crippen molar-refractivity contribution < 1.29 is 24.5 Å². The number of rotatable bonds is 9.